The fourth-order valence-corrected chi connectivity index (χ4v) is 9.22. The molecule has 0 N–H and O–H groups in total. The standard InChI is InChI=1S/C25H16BF3O3.2C16H36N/c27-20-9-3-6-17(14-20)23-12-1-2-13-24(23)25(32-26(30)31,18-7-4-10-21(28)15-18)19-8-5-11-22(29)16-19;2*1-5-9-13-17(14-10-6-2,15-11-7-3)16-12-8-4/h1-16H;2*5-16H2,1-4H3/q-2;2*+1. The number of benzene rings is 4. The molecule has 0 amide bonds. The molecule has 0 fully saturated rings. The monoisotopic (exact) mass is 917 g/mol. The molecule has 66 heavy (non-hydrogen) atoms. The van der Waals surface area contributed by atoms with Gasteiger partial charge in [0.25, 0.3) is 0 Å². The quantitative estimate of drug-likeness (QED) is 0.0297. The summed E-state index contributed by atoms with van der Waals surface area (Å²) in [6.07, 6.45) is 22.1. The Morgan fingerprint density at radius 2 is 0.742 bits per heavy atom. The molecule has 5 nitrogen and oxygen atoms in total. The third kappa shape index (κ3) is 19.6. The van der Waals surface area contributed by atoms with E-state index < -0.39 is 30.4 Å². The Labute approximate surface area is 401 Å². The number of quaternary nitrogens is 2. The van der Waals surface area contributed by atoms with Crippen LogP contribution >= 0.6 is 0 Å². The minimum absolute atomic E-state index is 0.114. The van der Waals surface area contributed by atoms with E-state index in [-0.39, 0.29) is 16.7 Å². The van der Waals surface area contributed by atoms with Crippen LogP contribution in [0.5, 0.6) is 0 Å². The zero-order valence-electron chi connectivity index (χ0n) is 42.5. The fourth-order valence-electron chi connectivity index (χ4n) is 9.22. The second-order valence-electron chi connectivity index (χ2n) is 18.5. The van der Waals surface area contributed by atoms with Crippen LogP contribution in [0, 0.1) is 17.5 Å². The zero-order chi connectivity index (χ0) is 48.7. The predicted octanol–water partition coefficient (Wildman–Crippen LogP) is 13.8. The van der Waals surface area contributed by atoms with Gasteiger partial charge in [0, 0.05) is 0 Å². The van der Waals surface area contributed by atoms with Crippen molar-refractivity contribution in [3.05, 3.63) is 131 Å². The van der Waals surface area contributed by atoms with E-state index in [1.54, 1.807) is 30.3 Å². The van der Waals surface area contributed by atoms with Crippen molar-refractivity contribution in [2.24, 2.45) is 0 Å². The average Bonchev–Trinajstić information content (AvgIpc) is 3.32. The van der Waals surface area contributed by atoms with E-state index in [9.17, 15) is 23.2 Å². The topological polar surface area (TPSA) is 55.3 Å². The summed E-state index contributed by atoms with van der Waals surface area (Å²) in [4.78, 5) is 0. The molecule has 0 spiro atoms. The Morgan fingerprint density at radius 1 is 0.424 bits per heavy atom. The van der Waals surface area contributed by atoms with E-state index in [2.05, 4.69) is 55.4 Å². The molecule has 4 rings (SSSR count). The van der Waals surface area contributed by atoms with E-state index in [0.29, 0.717) is 11.1 Å². The third-order valence-corrected chi connectivity index (χ3v) is 13.1. The Hall–Kier alpha value is -3.47. The number of nitrogens with zero attached hydrogens (tertiary/aromatic N) is 2. The molecule has 0 aliphatic rings. The largest absolute Gasteiger partial charge is 0.871 e. The molecule has 0 heterocycles. The molecule has 4 aromatic rings. The highest BCUT2D eigenvalue weighted by atomic mass is 19.1. The summed E-state index contributed by atoms with van der Waals surface area (Å²) in [5, 5.41) is 23.8. The van der Waals surface area contributed by atoms with Gasteiger partial charge in [0.1, 0.15) is 23.1 Å². The van der Waals surface area contributed by atoms with E-state index >= 15 is 0 Å². The van der Waals surface area contributed by atoms with E-state index in [0.717, 1.165) is 12.1 Å². The maximum atomic E-state index is 14.3. The summed E-state index contributed by atoms with van der Waals surface area (Å²) in [5.74, 6) is -1.77. The lowest BCUT2D eigenvalue weighted by atomic mass is 9.76. The lowest BCUT2D eigenvalue weighted by Crippen LogP contribution is -2.54. The van der Waals surface area contributed by atoms with E-state index in [4.69, 9.17) is 4.65 Å². The van der Waals surface area contributed by atoms with E-state index in [1.165, 1.54) is 219 Å². The minimum atomic E-state index is -2.79. The van der Waals surface area contributed by atoms with Gasteiger partial charge in [0.2, 0.25) is 0 Å². The number of unbranched alkanes of at least 4 members (excludes halogenated alkanes) is 8. The van der Waals surface area contributed by atoms with Crippen molar-refractivity contribution in [1.29, 1.82) is 0 Å². The molecule has 0 aromatic heterocycles. The van der Waals surface area contributed by atoms with Gasteiger partial charge in [-0.2, -0.15) is 0 Å². The predicted molar refractivity (Wildman–Crippen MR) is 270 cm³/mol. The first kappa shape index (κ1) is 58.7. The van der Waals surface area contributed by atoms with Crippen molar-refractivity contribution in [2.45, 2.75) is 164 Å². The van der Waals surface area contributed by atoms with Crippen LogP contribution in [0.1, 0.15) is 175 Å². The molecular formula is C57H88BF3N2O3. The van der Waals surface area contributed by atoms with Gasteiger partial charge in [-0.05, 0) is 116 Å². The third-order valence-electron chi connectivity index (χ3n) is 13.1. The van der Waals surface area contributed by atoms with E-state index in [1.807, 2.05) is 0 Å². The SMILES string of the molecule is CCCC[N+](CCCC)(CCCC)CCCC.CCCC[N+](CCCC)(CCCC)CCCC.[O-]B([O-])OC(c1cccc(F)c1)(c1cccc(F)c1)c1ccccc1-c1cccc(F)c1. The summed E-state index contributed by atoms with van der Waals surface area (Å²) < 4.78 is 50.9. The van der Waals surface area contributed by atoms with Gasteiger partial charge in [-0.3, -0.25) is 0 Å². The van der Waals surface area contributed by atoms with Crippen molar-refractivity contribution in [1.82, 2.24) is 0 Å². The molecule has 4 aromatic carbocycles. The number of halogens is 3. The van der Waals surface area contributed by atoms with Crippen LogP contribution in [0.3, 0.4) is 0 Å². The Balaban J connectivity index is 0.000000376. The fraction of sp³-hybridized carbons (Fsp3) is 0.579. The van der Waals surface area contributed by atoms with Crippen LogP contribution in [0.15, 0.2) is 97.1 Å². The second kappa shape index (κ2) is 33.1. The average molecular weight is 917 g/mol. The van der Waals surface area contributed by atoms with Crippen LogP contribution in [0.4, 0.5) is 13.2 Å². The van der Waals surface area contributed by atoms with Gasteiger partial charge < -0.3 is 23.7 Å². The normalized spacial score (nSPS) is 11.7. The highest BCUT2D eigenvalue weighted by molar-refractivity contribution is 6.28. The molecule has 0 bridgehead atoms. The van der Waals surface area contributed by atoms with Gasteiger partial charge in [-0.25, -0.2) is 13.2 Å². The minimum Gasteiger partial charge on any atom is -0.871 e. The number of hydrogen-bond donors (Lipinski definition) is 0. The molecule has 0 unspecified atom stereocenters. The lowest BCUT2D eigenvalue weighted by Gasteiger charge is -2.45. The highest BCUT2D eigenvalue weighted by Crippen LogP contribution is 2.45. The molecule has 0 saturated heterocycles. The van der Waals surface area contributed by atoms with Crippen LogP contribution in [0.25, 0.3) is 11.1 Å². The first-order valence-electron chi connectivity index (χ1n) is 26.0. The first-order chi connectivity index (χ1) is 31.9. The number of hydrogen-bond acceptors (Lipinski definition) is 3. The molecule has 9 heteroatoms. The van der Waals surface area contributed by atoms with Gasteiger partial charge in [0.05, 0.1) is 59.7 Å². The first-order valence-corrected chi connectivity index (χ1v) is 26.0. The van der Waals surface area contributed by atoms with Crippen molar-refractivity contribution in [2.75, 3.05) is 52.4 Å². The van der Waals surface area contributed by atoms with Crippen LogP contribution < -0.4 is 10.0 Å². The smallest absolute Gasteiger partial charge is 0.126 e. The van der Waals surface area contributed by atoms with Crippen LogP contribution in [0.2, 0.25) is 0 Å². The Morgan fingerprint density at radius 3 is 1.05 bits per heavy atom. The second-order valence-corrected chi connectivity index (χ2v) is 18.5. The molecule has 0 aliphatic carbocycles. The van der Waals surface area contributed by atoms with Crippen molar-refractivity contribution >= 4 is 7.32 Å². The summed E-state index contributed by atoms with van der Waals surface area (Å²) in [6, 6.07) is 22.7. The number of rotatable bonds is 30. The van der Waals surface area contributed by atoms with Gasteiger partial charge in [-0.15, -0.1) is 0 Å². The molecule has 368 valence electrons. The van der Waals surface area contributed by atoms with Crippen molar-refractivity contribution in [3.8, 4) is 11.1 Å². The summed E-state index contributed by atoms with van der Waals surface area (Å²) >= 11 is 0. The molecule has 0 radical (unpaired) electrons. The maximum absolute atomic E-state index is 14.3. The van der Waals surface area contributed by atoms with Crippen LogP contribution in [-0.2, 0) is 10.3 Å². The lowest BCUT2D eigenvalue weighted by molar-refractivity contribution is -0.929. The van der Waals surface area contributed by atoms with Crippen LogP contribution in [-0.4, -0.2) is 68.6 Å². The summed E-state index contributed by atoms with van der Waals surface area (Å²) in [7, 11) is -2.79. The maximum Gasteiger partial charge on any atom is 0.126 e. The summed E-state index contributed by atoms with van der Waals surface area (Å²) in [6.45, 7) is 30.0. The molecule has 0 atom stereocenters. The van der Waals surface area contributed by atoms with Crippen molar-refractivity contribution in [3.63, 3.8) is 0 Å². The van der Waals surface area contributed by atoms with Gasteiger partial charge >= 0.3 is 0 Å². The zero-order valence-corrected chi connectivity index (χ0v) is 42.5. The summed E-state index contributed by atoms with van der Waals surface area (Å²) in [5.41, 5.74) is -0.594. The molecular weight excluding hydrogens is 828 g/mol. The van der Waals surface area contributed by atoms with Gasteiger partial charge in [-0.1, -0.05) is 167 Å². The molecule has 0 aliphatic heterocycles. The highest BCUT2D eigenvalue weighted by Gasteiger charge is 2.39. The molecule has 0 saturated carbocycles. The van der Waals surface area contributed by atoms with Crippen molar-refractivity contribution < 1.29 is 36.8 Å². The van der Waals surface area contributed by atoms with Gasteiger partial charge in [0.15, 0.2) is 0 Å². The Kier molecular flexibility index (Phi) is 29.4. The Bertz CT molecular complexity index is 1700.